The molecule has 0 saturated heterocycles. The Morgan fingerprint density at radius 2 is 2.06 bits per heavy atom. The maximum atomic E-state index is 11.8. The van der Waals surface area contributed by atoms with E-state index in [0.717, 1.165) is 18.2 Å². The molecule has 0 aromatic carbocycles. The van der Waals surface area contributed by atoms with E-state index in [9.17, 15) is 13.6 Å². The second kappa shape index (κ2) is 8.04. The number of hydrogen-bond donors (Lipinski definition) is 1. The number of nitrogens with one attached hydrogen (secondary N) is 1. The number of alkyl halides is 3. The monoisotopic (exact) mass is 327 g/mol. The van der Waals surface area contributed by atoms with E-state index < -0.39 is 13.0 Å². The molecule has 0 aliphatic heterocycles. The van der Waals surface area contributed by atoms with Gasteiger partial charge < -0.3 is 10.1 Å². The molecule has 18 heavy (non-hydrogen) atoms. The van der Waals surface area contributed by atoms with Gasteiger partial charge >= 0.3 is 0 Å². The summed E-state index contributed by atoms with van der Waals surface area (Å²) < 4.78 is 28.2. The predicted molar refractivity (Wildman–Crippen MR) is 69.1 cm³/mol. The largest absolute Gasteiger partial charge is 0.375 e. The van der Waals surface area contributed by atoms with Crippen molar-refractivity contribution in [1.29, 1.82) is 0 Å². The molecule has 0 spiro atoms. The minimum absolute atomic E-state index is 0.0531. The fraction of sp³-hybridized carbons (Fsp3) is 0.917. The summed E-state index contributed by atoms with van der Waals surface area (Å²) in [4.78, 5) is 11.5. The molecular weight excluding hydrogens is 308 g/mol. The molecule has 3 nitrogen and oxygen atoms in total. The minimum atomic E-state index is -2.47. The van der Waals surface area contributed by atoms with Crippen LogP contribution in [-0.4, -0.2) is 37.4 Å². The molecule has 0 aromatic rings. The van der Waals surface area contributed by atoms with Gasteiger partial charge in [0, 0.05) is 18.3 Å². The van der Waals surface area contributed by atoms with Gasteiger partial charge in [-0.2, -0.15) is 0 Å². The number of hydrogen-bond acceptors (Lipinski definition) is 2. The summed E-state index contributed by atoms with van der Waals surface area (Å²) in [7, 11) is 0. The Balaban J connectivity index is 2.12. The number of ether oxygens (including phenoxy) is 1. The Morgan fingerprint density at radius 3 is 2.61 bits per heavy atom. The SMILES string of the molecule is O=C(CCOCC(F)F)NCC1(CBr)CCCC1. The average molecular weight is 328 g/mol. The molecule has 1 rings (SSSR count). The van der Waals surface area contributed by atoms with Gasteiger partial charge in [-0.3, -0.25) is 4.79 Å². The highest BCUT2D eigenvalue weighted by Crippen LogP contribution is 2.38. The number of carbonyl (C=O) groups is 1. The molecule has 0 radical (unpaired) electrons. The summed E-state index contributed by atoms with van der Waals surface area (Å²) in [5.74, 6) is -0.128. The van der Waals surface area contributed by atoms with Crippen molar-refractivity contribution in [2.75, 3.05) is 25.1 Å². The van der Waals surface area contributed by atoms with E-state index in [4.69, 9.17) is 0 Å². The fourth-order valence-electron chi connectivity index (χ4n) is 2.19. The van der Waals surface area contributed by atoms with Crippen molar-refractivity contribution in [2.45, 2.75) is 38.5 Å². The molecule has 1 aliphatic rings. The third-order valence-electron chi connectivity index (χ3n) is 3.33. The van der Waals surface area contributed by atoms with Crippen molar-refractivity contribution in [3.63, 3.8) is 0 Å². The Kier molecular flexibility index (Phi) is 7.07. The molecule has 0 atom stereocenters. The van der Waals surface area contributed by atoms with E-state index in [1.54, 1.807) is 0 Å². The summed E-state index contributed by atoms with van der Waals surface area (Å²) in [6.07, 6.45) is 2.34. The number of halogens is 3. The zero-order valence-corrected chi connectivity index (χ0v) is 12.0. The number of carbonyl (C=O) groups excluding carboxylic acids is 1. The Labute approximate surface area is 115 Å². The fourth-order valence-corrected chi connectivity index (χ4v) is 2.95. The standard InChI is InChI=1S/C12H20BrF2NO2/c13-8-12(4-1-2-5-12)9-16-11(17)3-6-18-7-10(14)15/h10H,1-9H2,(H,16,17). The van der Waals surface area contributed by atoms with Gasteiger partial charge in [0.15, 0.2) is 0 Å². The van der Waals surface area contributed by atoms with Crippen molar-refractivity contribution in [3.05, 3.63) is 0 Å². The van der Waals surface area contributed by atoms with Crippen LogP contribution in [0.15, 0.2) is 0 Å². The van der Waals surface area contributed by atoms with Gasteiger partial charge in [-0.1, -0.05) is 28.8 Å². The second-order valence-electron chi connectivity index (χ2n) is 4.83. The highest BCUT2D eigenvalue weighted by Gasteiger charge is 2.32. The lowest BCUT2D eigenvalue weighted by Gasteiger charge is -2.26. The van der Waals surface area contributed by atoms with Crippen LogP contribution in [0.2, 0.25) is 0 Å². The first-order chi connectivity index (χ1) is 8.58. The molecule has 0 unspecified atom stereocenters. The Morgan fingerprint density at radius 1 is 1.39 bits per heavy atom. The molecule has 0 bridgehead atoms. The summed E-state index contributed by atoms with van der Waals surface area (Å²) >= 11 is 3.50. The van der Waals surface area contributed by atoms with Crippen LogP contribution in [0, 0.1) is 5.41 Å². The average Bonchev–Trinajstić information content (AvgIpc) is 2.81. The lowest BCUT2D eigenvalue weighted by atomic mass is 9.89. The molecule has 0 heterocycles. The highest BCUT2D eigenvalue weighted by molar-refractivity contribution is 9.09. The molecule has 1 N–H and O–H groups in total. The van der Waals surface area contributed by atoms with Crippen molar-refractivity contribution < 1.29 is 18.3 Å². The zero-order valence-electron chi connectivity index (χ0n) is 10.4. The number of amides is 1. The first-order valence-electron chi connectivity index (χ1n) is 6.26. The first kappa shape index (κ1) is 15.8. The molecule has 6 heteroatoms. The van der Waals surface area contributed by atoms with Crippen LogP contribution in [-0.2, 0) is 9.53 Å². The third kappa shape index (κ3) is 5.61. The van der Waals surface area contributed by atoms with Crippen LogP contribution in [0.1, 0.15) is 32.1 Å². The van der Waals surface area contributed by atoms with E-state index in [2.05, 4.69) is 26.0 Å². The number of rotatable bonds is 8. The van der Waals surface area contributed by atoms with Gasteiger partial charge in [-0.15, -0.1) is 0 Å². The van der Waals surface area contributed by atoms with Crippen LogP contribution in [0.4, 0.5) is 8.78 Å². The van der Waals surface area contributed by atoms with E-state index >= 15 is 0 Å². The molecule has 1 saturated carbocycles. The van der Waals surface area contributed by atoms with Crippen LogP contribution in [0.25, 0.3) is 0 Å². The van der Waals surface area contributed by atoms with E-state index in [1.165, 1.54) is 12.8 Å². The van der Waals surface area contributed by atoms with Crippen molar-refractivity contribution >= 4 is 21.8 Å². The Bertz CT molecular complexity index is 258. The molecule has 1 aliphatic carbocycles. The quantitative estimate of drug-likeness (QED) is 0.550. The van der Waals surface area contributed by atoms with E-state index in [0.29, 0.717) is 6.54 Å². The van der Waals surface area contributed by atoms with Crippen LogP contribution in [0.3, 0.4) is 0 Å². The van der Waals surface area contributed by atoms with Crippen molar-refractivity contribution in [2.24, 2.45) is 5.41 Å². The van der Waals surface area contributed by atoms with Crippen molar-refractivity contribution in [1.82, 2.24) is 5.32 Å². The van der Waals surface area contributed by atoms with Crippen LogP contribution < -0.4 is 5.32 Å². The molecule has 1 fully saturated rings. The normalized spacial score (nSPS) is 18.2. The summed E-state index contributed by atoms with van der Waals surface area (Å²) in [5.41, 5.74) is 0.180. The van der Waals surface area contributed by atoms with Crippen molar-refractivity contribution in [3.8, 4) is 0 Å². The van der Waals surface area contributed by atoms with Gasteiger partial charge in [-0.05, 0) is 18.3 Å². The second-order valence-corrected chi connectivity index (χ2v) is 5.39. The summed E-state index contributed by atoms with van der Waals surface area (Å²) in [6.45, 7) is 0.113. The maximum absolute atomic E-state index is 11.8. The molecular formula is C12H20BrF2NO2. The molecule has 1 amide bonds. The van der Waals surface area contributed by atoms with Gasteiger partial charge in [0.05, 0.1) is 6.61 Å². The predicted octanol–water partition coefficient (Wildman–Crippen LogP) is 2.73. The maximum Gasteiger partial charge on any atom is 0.261 e. The topological polar surface area (TPSA) is 38.3 Å². The molecule has 0 aromatic heterocycles. The highest BCUT2D eigenvalue weighted by atomic mass is 79.9. The minimum Gasteiger partial charge on any atom is -0.375 e. The lowest BCUT2D eigenvalue weighted by molar-refractivity contribution is -0.123. The van der Waals surface area contributed by atoms with Crippen LogP contribution in [0.5, 0.6) is 0 Å². The third-order valence-corrected chi connectivity index (χ3v) is 4.52. The Hall–Kier alpha value is -0.230. The lowest BCUT2D eigenvalue weighted by Crippen LogP contribution is -2.37. The first-order valence-corrected chi connectivity index (χ1v) is 7.39. The van der Waals surface area contributed by atoms with Gasteiger partial charge in [-0.25, -0.2) is 8.78 Å². The summed E-state index contributed by atoms with van der Waals surface area (Å²) in [6, 6.07) is 0. The molecule has 106 valence electrons. The van der Waals surface area contributed by atoms with Crippen LogP contribution >= 0.6 is 15.9 Å². The van der Waals surface area contributed by atoms with Gasteiger partial charge in [0.1, 0.15) is 6.61 Å². The van der Waals surface area contributed by atoms with Gasteiger partial charge in [0.25, 0.3) is 6.43 Å². The van der Waals surface area contributed by atoms with E-state index in [1.807, 2.05) is 0 Å². The summed E-state index contributed by atoms with van der Waals surface area (Å²) in [5, 5.41) is 3.76. The van der Waals surface area contributed by atoms with Gasteiger partial charge in [0.2, 0.25) is 5.91 Å². The van der Waals surface area contributed by atoms with E-state index in [-0.39, 0.29) is 24.3 Å². The smallest absolute Gasteiger partial charge is 0.261 e. The zero-order chi connectivity index (χ0) is 13.4.